The minimum atomic E-state index is -0.906. The molecule has 0 unspecified atom stereocenters. The Morgan fingerprint density at radius 1 is 1.29 bits per heavy atom. The highest BCUT2D eigenvalue weighted by Gasteiger charge is 2.22. The Kier molecular flexibility index (Phi) is 4.94. The molecule has 0 N–H and O–H groups in total. The van der Waals surface area contributed by atoms with E-state index in [1.54, 1.807) is 31.4 Å². The molecule has 2 aromatic carbocycles. The zero-order chi connectivity index (χ0) is 15.4. The number of ether oxygens (including phenoxy) is 2. The minimum absolute atomic E-state index is 0.0831. The number of halogens is 2. The molecule has 2 aromatic rings. The summed E-state index contributed by atoms with van der Waals surface area (Å²) < 4.78 is 24.6. The Balaban J connectivity index is 2.20. The van der Waals surface area contributed by atoms with Gasteiger partial charge >= 0.3 is 5.69 Å². The van der Waals surface area contributed by atoms with Gasteiger partial charge < -0.3 is 9.47 Å². The fourth-order valence-electron chi connectivity index (χ4n) is 1.71. The van der Waals surface area contributed by atoms with Crippen molar-refractivity contribution in [2.75, 3.05) is 7.11 Å². The van der Waals surface area contributed by atoms with Gasteiger partial charge in [-0.1, -0.05) is 12.1 Å². The molecule has 0 amide bonds. The first-order chi connectivity index (χ1) is 10.0. The highest BCUT2D eigenvalue weighted by molar-refractivity contribution is 14.1. The fraction of sp³-hybridized carbons (Fsp3) is 0.143. The van der Waals surface area contributed by atoms with Crippen molar-refractivity contribution in [1.29, 1.82) is 0 Å². The summed E-state index contributed by atoms with van der Waals surface area (Å²) >= 11 is 1.88. The Morgan fingerprint density at radius 3 is 2.52 bits per heavy atom. The number of nitro benzene ring substituents is 1. The zero-order valence-corrected chi connectivity index (χ0v) is 13.2. The number of benzene rings is 2. The van der Waals surface area contributed by atoms with Gasteiger partial charge in [0.25, 0.3) is 0 Å². The predicted octanol–water partition coefficient (Wildman–Crippen LogP) is 3.93. The second-order valence-corrected chi connectivity index (χ2v) is 5.37. The summed E-state index contributed by atoms with van der Waals surface area (Å²) in [5.74, 6) is -0.290. The third kappa shape index (κ3) is 3.81. The van der Waals surface area contributed by atoms with Crippen LogP contribution in [0.4, 0.5) is 10.1 Å². The van der Waals surface area contributed by atoms with Crippen molar-refractivity contribution in [2.24, 2.45) is 0 Å². The molecule has 7 heteroatoms. The molecule has 0 saturated heterocycles. The second kappa shape index (κ2) is 6.70. The molecule has 0 fully saturated rings. The molecule has 0 aliphatic carbocycles. The van der Waals surface area contributed by atoms with Gasteiger partial charge in [0.15, 0.2) is 0 Å². The van der Waals surface area contributed by atoms with Gasteiger partial charge in [-0.25, -0.2) is 0 Å². The van der Waals surface area contributed by atoms with E-state index in [9.17, 15) is 14.5 Å². The lowest BCUT2D eigenvalue weighted by Gasteiger charge is -2.08. The zero-order valence-electron chi connectivity index (χ0n) is 11.0. The summed E-state index contributed by atoms with van der Waals surface area (Å²) in [6.45, 7) is 0.102. The monoisotopic (exact) mass is 403 g/mol. The van der Waals surface area contributed by atoms with Crippen molar-refractivity contribution in [3.05, 3.63) is 61.5 Å². The topological polar surface area (TPSA) is 61.6 Å². The molecule has 0 spiro atoms. The van der Waals surface area contributed by atoms with E-state index in [-0.39, 0.29) is 12.4 Å². The van der Waals surface area contributed by atoms with Crippen LogP contribution in [0.2, 0.25) is 0 Å². The second-order valence-electron chi connectivity index (χ2n) is 4.13. The lowest BCUT2D eigenvalue weighted by molar-refractivity contribution is -0.388. The van der Waals surface area contributed by atoms with Gasteiger partial charge in [-0.3, -0.25) is 10.1 Å². The molecule has 110 valence electrons. The first-order valence-corrected chi connectivity index (χ1v) is 6.98. The highest BCUT2D eigenvalue weighted by Crippen LogP contribution is 2.32. The van der Waals surface area contributed by atoms with Crippen LogP contribution in [0, 0.1) is 19.5 Å². The van der Waals surface area contributed by atoms with Gasteiger partial charge in [0.2, 0.25) is 11.6 Å². The Labute approximate surface area is 134 Å². The number of nitro groups is 1. The van der Waals surface area contributed by atoms with Crippen LogP contribution in [0.15, 0.2) is 36.4 Å². The van der Waals surface area contributed by atoms with Gasteiger partial charge in [0.1, 0.15) is 12.4 Å². The summed E-state index contributed by atoms with van der Waals surface area (Å²) in [4.78, 5) is 10.1. The van der Waals surface area contributed by atoms with Crippen molar-refractivity contribution in [1.82, 2.24) is 0 Å². The van der Waals surface area contributed by atoms with Gasteiger partial charge in [0, 0.05) is 9.64 Å². The summed E-state index contributed by atoms with van der Waals surface area (Å²) in [5.41, 5.74) is 0.147. The average molecular weight is 403 g/mol. The molecule has 0 radical (unpaired) electrons. The Bertz CT molecular complexity index is 661. The summed E-state index contributed by atoms with van der Waals surface area (Å²) in [5, 5.41) is 10.9. The SMILES string of the molecule is COc1ccc(COc2cc(I)cc(F)c2[N+](=O)[O-])cc1. The average Bonchev–Trinajstić information content (AvgIpc) is 2.44. The van der Waals surface area contributed by atoms with E-state index in [0.29, 0.717) is 9.32 Å². The van der Waals surface area contributed by atoms with Crippen molar-refractivity contribution in [3.8, 4) is 11.5 Å². The Hall–Kier alpha value is -1.90. The Morgan fingerprint density at radius 2 is 1.95 bits per heavy atom. The number of hydrogen-bond acceptors (Lipinski definition) is 4. The normalized spacial score (nSPS) is 10.2. The maximum absolute atomic E-state index is 13.6. The molecule has 0 atom stereocenters. The summed E-state index contributed by atoms with van der Waals surface area (Å²) in [7, 11) is 1.56. The van der Waals surface area contributed by atoms with E-state index in [1.807, 2.05) is 22.6 Å². The van der Waals surface area contributed by atoms with Gasteiger partial charge in [0.05, 0.1) is 12.0 Å². The van der Waals surface area contributed by atoms with E-state index in [4.69, 9.17) is 9.47 Å². The minimum Gasteiger partial charge on any atom is -0.497 e. The first-order valence-electron chi connectivity index (χ1n) is 5.90. The molecule has 0 heterocycles. The van der Waals surface area contributed by atoms with Crippen LogP contribution in [0.5, 0.6) is 11.5 Å². The molecular weight excluding hydrogens is 392 g/mol. The smallest absolute Gasteiger partial charge is 0.346 e. The largest absolute Gasteiger partial charge is 0.497 e. The molecular formula is C14H11FINO4. The molecule has 0 aliphatic heterocycles. The van der Waals surface area contributed by atoms with Crippen LogP contribution >= 0.6 is 22.6 Å². The van der Waals surface area contributed by atoms with Crippen LogP contribution < -0.4 is 9.47 Å². The molecule has 5 nitrogen and oxygen atoms in total. The highest BCUT2D eigenvalue weighted by atomic mass is 127. The standard InChI is InChI=1S/C14H11FINO4/c1-20-11-4-2-9(3-5-11)8-21-13-7-10(16)6-12(15)14(13)17(18)19/h2-7H,8H2,1H3. The number of nitrogens with zero attached hydrogens (tertiary/aromatic N) is 1. The van der Waals surface area contributed by atoms with Gasteiger partial charge in [-0.15, -0.1) is 0 Å². The lowest BCUT2D eigenvalue weighted by atomic mass is 10.2. The molecule has 21 heavy (non-hydrogen) atoms. The number of hydrogen-bond donors (Lipinski definition) is 0. The third-order valence-electron chi connectivity index (χ3n) is 2.73. The number of rotatable bonds is 5. The van der Waals surface area contributed by atoms with Crippen LogP contribution in [0.25, 0.3) is 0 Å². The summed E-state index contributed by atoms with van der Waals surface area (Å²) in [6, 6.07) is 9.58. The van der Waals surface area contributed by atoms with Crippen LogP contribution in [0.3, 0.4) is 0 Å². The van der Waals surface area contributed by atoms with E-state index < -0.39 is 16.4 Å². The lowest BCUT2D eigenvalue weighted by Crippen LogP contribution is -2.02. The van der Waals surface area contributed by atoms with Crippen molar-refractivity contribution in [3.63, 3.8) is 0 Å². The summed E-state index contributed by atoms with van der Waals surface area (Å²) in [6.07, 6.45) is 0. The van der Waals surface area contributed by atoms with Crippen LogP contribution in [0.1, 0.15) is 5.56 Å². The van der Waals surface area contributed by atoms with Crippen LogP contribution in [-0.2, 0) is 6.61 Å². The molecule has 2 rings (SSSR count). The van der Waals surface area contributed by atoms with E-state index in [2.05, 4.69) is 0 Å². The van der Waals surface area contributed by atoms with Crippen molar-refractivity contribution >= 4 is 28.3 Å². The van der Waals surface area contributed by atoms with Gasteiger partial charge in [-0.2, -0.15) is 4.39 Å². The number of methoxy groups -OCH3 is 1. The molecule has 0 bridgehead atoms. The van der Waals surface area contributed by atoms with Crippen molar-refractivity contribution in [2.45, 2.75) is 6.61 Å². The van der Waals surface area contributed by atoms with Crippen molar-refractivity contribution < 1.29 is 18.8 Å². The van der Waals surface area contributed by atoms with E-state index >= 15 is 0 Å². The molecule has 0 aliphatic rings. The quantitative estimate of drug-likeness (QED) is 0.431. The molecule has 0 saturated carbocycles. The fourth-order valence-corrected chi connectivity index (χ4v) is 2.27. The third-order valence-corrected chi connectivity index (χ3v) is 3.35. The van der Waals surface area contributed by atoms with Crippen LogP contribution in [-0.4, -0.2) is 12.0 Å². The maximum atomic E-state index is 13.6. The predicted molar refractivity (Wildman–Crippen MR) is 83.1 cm³/mol. The maximum Gasteiger partial charge on any atom is 0.346 e. The first kappa shape index (κ1) is 15.5. The molecule has 0 aromatic heterocycles. The van der Waals surface area contributed by atoms with E-state index in [1.165, 1.54) is 6.07 Å². The van der Waals surface area contributed by atoms with Gasteiger partial charge in [-0.05, 0) is 46.4 Å². The van der Waals surface area contributed by atoms with E-state index in [0.717, 1.165) is 11.6 Å².